The molecule has 4 nitrogen and oxygen atoms in total. The van der Waals surface area contributed by atoms with E-state index in [1.165, 1.54) is 39.2 Å². The highest BCUT2D eigenvalue weighted by molar-refractivity contribution is 5.78. The van der Waals surface area contributed by atoms with Crippen LogP contribution in [0.15, 0.2) is 0 Å². The summed E-state index contributed by atoms with van der Waals surface area (Å²) in [6.07, 6.45) is 11.8. The van der Waals surface area contributed by atoms with Crippen molar-refractivity contribution in [2.75, 3.05) is 13.7 Å². The third-order valence-corrected chi connectivity index (χ3v) is 5.20. The van der Waals surface area contributed by atoms with Gasteiger partial charge in [-0.2, -0.15) is 0 Å². The molecule has 0 aromatic rings. The van der Waals surface area contributed by atoms with Gasteiger partial charge in [-0.3, -0.25) is 9.59 Å². The van der Waals surface area contributed by atoms with Crippen LogP contribution in [0.2, 0.25) is 0 Å². The lowest BCUT2D eigenvalue weighted by Crippen LogP contribution is -2.33. The molecule has 1 saturated carbocycles. The molecule has 1 fully saturated rings. The van der Waals surface area contributed by atoms with Crippen molar-refractivity contribution in [3.63, 3.8) is 0 Å². The summed E-state index contributed by atoms with van der Waals surface area (Å²) in [5.41, 5.74) is 0. The number of amides is 1. The van der Waals surface area contributed by atoms with Gasteiger partial charge in [0.2, 0.25) is 5.91 Å². The van der Waals surface area contributed by atoms with E-state index in [-0.39, 0.29) is 17.8 Å². The highest BCUT2D eigenvalue weighted by Crippen LogP contribution is 2.32. The van der Waals surface area contributed by atoms with Crippen molar-refractivity contribution in [3.05, 3.63) is 0 Å². The SMILES string of the molecule is COC(=O)CCCCCNC(=O)C1CCC(CCCC(C)C)CC1. The maximum Gasteiger partial charge on any atom is 0.305 e. The van der Waals surface area contributed by atoms with Crippen molar-refractivity contribution < 1.29 is 14.3 Å². The average Bonchev–Trinajstić information content (AvgIpc) is 2.57. The van der Waals surface area contributed by atoms with Crippen LogP contribution in [-0.2, 0) is 14.3 Å². The fourth-order valence-electron chi connectivity index (χ4n) is 3.56. The van der Waals surface area contributed by atoms with Gasteiger partial charge in [-0.05, 0) is 50.4 Å². The molecule has 1 amide bonds. The van der Waals surface area contributed by atoms with E-state index in [0.29, 0.717) is 6.42 Å². The third-order valence-electron chi connectivity index (χ3n) is 5.20. The Morgan fingerprint density at radius 3 is 2.38 bits per heavy atom. The standard InChI is InChI=1S/C20H37NO3/c1-16(2)8-7-9-17-11-13-18(14-12-17)20(23)21-15-6-4-5-10-19(22)24-3/h16-18H,4-15H2,1-3H3,(H,21,23). The van der Waals surface area contributed by atoms with Crippen LogP contribution in [0.3, 0.4) is 0 Å². The van der Waals surface area contributed by atoms with Gasteiger partial charge in [0.05, 0.1) is 7.11 Å². The van der Waals surface area contributed by atoms with Crippen molar-refractivity contribution in [1.29, 1.82) is 0 Å². The summed E-state index contributed by atoms with van der Waals surface area (Å²) >= 11 is 0. The molecule has 0 atom stereocenters. The minimum Gasteiger partial charge on any atom is -0.469 e. The number of nitrogens with one attached hydrogen (secondary N) is 1. The minimum atomic E-state index is -0.149. The lowest BCUT2D eigenvalue weighted by Gasteiger charge is -2.28. The number of hydrogen-bond donors (Lipinski definition) is 1. The third kappa shape index (κ3) is 9.29. The van der Waals surface area contributed by atoms with Crippen molar-refractivity contribution in [2.45, 2.75) is 84.5 Å². The van der Waals surface area contributed by atoms with Crippen molar-refractivity contribution >= 4 is 11.9 Å². The molecular weight excluding hydrogens is 302 g/mol. The summed E-state index contributed by atoms with van der Waals surface area (Å²) in [4.78, 5) is 23.2. The number of carbonyl (C=O) groups excluding carboxylic acids is 2. The maximum atomic E-state index is 12.2. The predicted octanol–water partition coefficient (Wildman–Crippen LogP) is 4.47. The van der Waals surface area contributed by atoms with E-state index in [0.717, 1.165) is 50.5 Å². The Balaban J connectivity index is 2.03. The molecule has 1 aliphatic carbocycles. The monoisotopic (exact) mass is 339 g/mol. The molecular formula is C20H37NO3. The molecule has 24 heavy (non-hydrogen) atoms. The molecule has 0 unspecified atom stereocenters. The molecule has 0 spiro atoms. The first kappa shape index (κ1) is 21.0. The van der Waals surface area contributed by atoms with E-state index in [1.54, 1.807) is 0 Å². The van der Waals surface area contributed by atoms with Crippen LogP contribution in [0.4, 0.5) is 0 Å². The van der Waals surface area contributed by atoms with Gasteiger partial charge >= 0.3 is 5.97 Å². The Bertz CT molecular complexity index is 360. The van der Waals surface area contributed by atoms with Gasteiger partial charge in [-0.25, -0.2) is 0 Å². The van der Waals surface area contributed by atoms with Crippen LogP contribution < -0.4 is 5.32 Å². The summed E-state index contributed by atoms with van der Waals surface area (Å²) in [6.45, 7) is 5.31. The Morgan fingerprint density at radius 1 is 1.04 bits per heavy atom. The summed E-state index contributed by atoms with van der Waals surface area (Å²) < 4.78 is 4.61. The van der Waals surface area contributed by atoms with Crippen LogP contribution in [0.25, 0.3) is 0 Å². The largest absolute Gasteiger partial charge is 0.469 e. The van der Waals surface area contributed by atoms with E-state index >= 15 is 0 Å². The number of hydrogen-bond acceptors (Lipinski definition) is 3. The number of rotatable bonds is 11. The zero-order chi connectivity index (χ0) is 17.8. The topological polar surface area (TPSA) is 55.4 Å². The smallest absolute Gasteiger partial charge is 0.305 e. The summed E-state index contributed by atoms with van der Waals surface area (Å²) in [5.74, 6) is 1.96. The van der Waals surface area contributed by atoms with Gasteiger partial charge in [-0.15, -0.1) is 0 Å². The van der Waals surface area contributed by atoms with E-state index in [9.17, 15) is 9.59 Å². The highest BCUT2D eigenvalue weighted by atomic mass is 16.5. The molecule has 0 heterocycles. The fourth-order valence-corrected chi connectivity index (χ4v) is 3.56. The zero-order valence-electron chi connectivity index (χ0n) is 15.9. The quantitative estimate of drug-likeness (QED) is 0.446. The zero-order valence-corrected chi connectivity index (χ0v) is 15.9. The van der Waals surface area contributed by atoms with E-state index in [1.807, 2.05) is 0 Å². The highest BCUT2D eigenvalue weighted by Gasteiger charge is 2.25. The van der Waals surface area contributed by atoms with Crippen molar-refractivity contribution in [2.24, 2.45) is 17.8 Å². The number of ether oxygens (including phenoxy) is 1. The number of methoxy groups -OCH3 is 1. The summed E-state index contributed by atoms with van der Waals surface area (Å²) in [7, 11) is 1.42. The van der Waals surface area contributed by atoms with Crippen LogP contribution in [0, 0.1) is 17.8 Å². The summed E-state index contributed by atoms with van der Waals surface area (Å²) in [5, 5.41) is 3.07. The second kappa shape index (κ2) is 12.3. The number of unbranched alkanes of at least 4 members (excludes halogenated alkanes) is 2. The molecule has 0 bridgehead atoms. The lowest BCUT2D eigenvalue weighted by molar-refractivity contribution is -0.140. The Hall–Kier alpha value is -1.06. The van der Waals surface area contributed by atoms with Crippen LogP contribution in [0.5, 0.6) is 0 Å². The van der Waals surface area contributed by atoms with Crippen LogP contribution in [-0.4, -0.2) is 25.5 Å². The van der Waals surface area contributed by atoms with Gasteiger partial charge in [0.1, 0.15) is 0 Å². The first-order valence-corrected chi connectivity index (χ1v) is 9.87. The Kier molecular flexibility index (Phi) is 10.8. The van der Waals surface area contributed by atoms with Gasteiger partial charge in [0.15, 0.2) is 0 Å². The normalized spacial score (nSPS) is 20.8. The van der Waals surface area contributed by atoms with Gasteiger partial charge in [0, 0.05) is 18.9 Å². The molecule has 1 aliphatic rings. The summed E-state index contributed by atoms with van der Waals surface area (Å²) in [6, 6.07) is 0. The van der Waals surface area contributed by atoms with Crippen LogP contribution in [0.1, 0.15) is 84.5 Å². The number of esters is 1. The minimum absolute atomic E-state index is 0.149. The second-order valence-electron chi connectivity index (χ2n) is 7.72. The van der Waals surface area contributed by atoms with E-state index < -0.39 is 0 Å². The van der Waals surface area contributed by atoms with Crippen LogP contribution >= 0.6 is 0 Å². The molecule has 0 aromatic heterocycles. The first-order chi connectivity index (χ1) is 11.5. The van der Waals surface area contributed by atoms with Crippen molar-refractivity contribution in [1.82, 2.24) is 5.32 Å². The average molecular weight is 340 g/mol. The second-order valence-corrected chi connectivity index (χ2v) is 7.72. The van der Waals surface area contributed by atoms with Crippen molar-refractivity contribution in [3.8, 4) is 0 Å². The molecule has 0 aliphatic heterocycles. The number of carbonyl (C=O) groups is 2. The van der Waals surface area contributed by atoms with Gasteiger partial charge in [-0.1, -0.05) is 39.5 Å². The predicted molar refractivity (Wildman–Crippen MR) is 97.6 cm³/mol. The Morgan fingerprint density at radius 2 is 1.75 bits per heavy atom. The molecule has 140 valence electrons. The molecule has 1 rings (SSSR count). The van der Waals surface area contributed by atoms with E-state index in [4.69, 9.17) is 0 Å². The van der Waals surface area contributed by atoms with Gasteiger partial charge < -0.3 is 10.1 Å². The molecule has 1 N–H and O–H groups in total. The van der Waals surface area contributed by atoms with E-state index in [2.05, 4.69) is 23.9 Å². The first-order valence-electron chi connectivity index (χ1n) is 9.87. The molecule has 0 aromatic carbocycles. The molecule has 0 radical (unpaired) electrons. The Labute approximate surface area is 148 Å². The molecule has 0 saturated heterocycles. The molecule has 4 heteroatoms. The maximum absolute atomic E-state index is 12.2. The fraction of sp³-hybridized carbons (Fsp3) is 0.900. The van der Waals surface area contributed by atoms with Gasteiger partial charge in [0.25, 0.3) is 0 Å². The lowest BCUT2D eigenvalue weighted by atomic mass is 9.79.